The van der Waals surface area contributed by atoms with Crippen molar-refractivity contribution in [1.82, 2.24) is 5.32 Å². The van der Waals surface area contributed by atoms with Crippen LogP contribution in [0.25, 0.3) is 0 Å². The second-order valence-corrected chi connectivity index (χ2v) is 5.43. The van der Waals surface area contributed by atoms with Crippen LogP contribution in [0.2, 0.25) is 0 Å². The number of rotatable bonds is 4. The third-order valence-electron chi connectivity index (χ3n) is 2.95. The van der Waals surface area contributed by atoms with Crippen molar-refractivity contribution in [2.45, 2.75) is 25.8 Å². The zero-order valence-corrected chi connectivity index (χ0v) is 10.9. The number of amides is 1. The van der Waals surface area contributed by atoms with E-state index in [2.05, 4.69) is 5.32 Å². The van der Waals surface area contributed by atoms with Gasteiger partial charge in [-0.3, -0.25) is 9.59 Å². The standard InChI is InChI=1S/C13H15NO3S/c1-2-10-5-6-11(18-10)12(15)14-9-4-3-8(7-9)13(16)17/h3-6,8-9H,2,7H2,1H3,(H,14,15)(H,16,17). The minimum atomic E-state index is -0.840. The summed E-state index contributed by atoms with van der Waals surface area (Å²) in [5, 5.41) is 11.7. The summed E-state index contributed by atoms with van der Waals surface area (Å²) in [6, 6.07) is 3.59. The predicted octanol–water partition coefficient (Wildman–Crippen LogP) is 2.07. The van der Waals surface area contributed by atoms with Gasteiger partial charge in [0.15, 0.2) is 0 Å². The Morgan fingerprint density at radius 1 is 1.44 bits per heavy atom. The van der Waals surface area contributed by atoms with Gasteiger partial charge in [-0.2, -0.15) is 0 Å². The first kappa shape index (κ1) is 12.8. The molecule has 1 aromatic rings. The molecule has 96 valence electrons. The highest BCUT2D eigenvalue weighted by atomic mass is 32.1. The molecule has 1 heterocycles. The molecule has 2 rings (SSSR count). The van der Waals surface area contributed by atoms with E-state index in [0.29, 0.717) is 11.3 Å². The van der Waals surface area contributed by atoms with Crippen LogP contribution in [0.1, 0.15) is 27.9 Å². The monoisotopic (exact) mass is 265 g/mol. The smallest absolute Gasteiger partial charge is 0.310 e. The molecule has 0 saturated carbocycles. The van der Waals surface area contributed by atoms with Crippen molar-refractivity contribution in [3.63, 3.8) is 0 Å². The summed E-state index contributed by atoms with van der Waals surface area (Å²) in [7, 11) is 0. The minimum Gasteiger partial charge on any atom is -0.481 e. The molecule has 2 N–H and O–H groups in total. The lowest BCUT2D eigenvalue weighted by molar-refractivity contribution is -0.140. The van der Waals surface area contributed by atoms with Crippen LogP contribution in [-0.4, -0.2) is 23.0 Å². The van der Waals surface area contributed by atoms with Crippen molar-refractivity contribution in [1.29, 1.82) is 0 Å². The molecular formula is C13H15NO3S. The van der Waals surface area contributed by atoms with Crippen molar-refractivity contribution >= 4 is 23.2 Å². The highest BCUT2D eigenvalue weighted by Crippen LogP contribution is 2.20. The van der Waals surface area contributed by atoms with Crippen LogP contribution in [0.5, 0.6) is 0 Å². The highest BCUT2D eigenvalue weighted by Gasteiger charge is 2.25. The quantitative estimate of drug-likeness (QED) is 0.819. The lowest BCUT2D eigenvalue weighted by Gasteiger charge is -2.10. The second kappa shape index (κ2) is 5.35. The zero-order valence-electron chi connectivity index (χ0n) is 10.1. The van der Waals surface area contributed by atoms with Crippen LogP contribution in [-0.2, 0) is 11.2 Å². The van der Waals surface area contributed by atoms with Gasteiger partial charge in [0.05, 0.1) is 10.8 Å². The molecule has 5 heteroatoms. The maximum atomic E-state index is 11.9. The van der Waals surface area contributed by atoms with Crippen molar-refractivity contribution in [3.8, 4) is 0 Å². The first-order chi connectivity index (χ1) is 8.60. The third-order valence-corrected chi connectivity index (χ3v) is 4.18. The van der Waals surface area contributed by atoms with Gasteiger partial charge in [-0.1, -0.05) is 19.1 Å². The Bertz CT molecular complexity index is 492. The average Bonchev–Trinajstić information content (AvgIpc) is 2.96. The van der Waals surface area contributed by atoms with Gasteiger partial charge in [0, 0.05) is 10.9 Å². The number of carboxylic acids is 1. The number of carboxylic acid groups (broad SMARTS) is 1. The van der Waals surface area contributed by atoms with Crippen LogP contribution in [0.4, 0.5) is 0 Å². The van der Waals surface area contributed by atoms with Gasteiger partial charge in [0.1, 0.15) is 0 Å². The number of hydrogen-bond acceptors (Lipinski definition) is 3. The van der Waals surface area contributed by atoms with E-state index < -0.39 is 11.9 Å². The van der Waals surface area contributed by atoms with E-state index in [1.54, 1.807) is 12.2 Å². The number of aryl methyl sites for hydroxylation is 1. The topological polar surface area (TPSA) is 66.4 Å². The van der Waals surface area contributed by atoms with Crippen molar-refractivity contribution < 1.29 is 14.7 Å². The summed E-state index contributed by atoms with van der Waals surface area (Å²) in [6.45, 7) is 2.05. The van der Waals surface area contributed by atoms with E-state index in [0.717, 1.165) is 6.42 Å². The molecule has 0 aliphatic heterocycles. The van der Waals surface area contributed by atoms with Gasteiger partial charge in [-0.05, 0) is 25.0 Å². The highest BCUT2D eigenvalue weighted by molar-refractivity contribution is 7.14. The number of nitrogens with one attached hydrogen (secondary N) is 1. The number of carbonyl (C=O) groups excluding carboxylic acids is 1. The van der Waals surface area contributed by atoms with Crippen molar-refractivity contribution in [3.05, 3.63) is 34.0 Å². The summed E-state index contributed by atoms with van der Waals surface area (Å²) < 4.78 is 0. The Kier molecular flexibility index (Phi) is 3.81. The third kappa shape index (κ3) is 2.79. The Morgan fingerprint density at radius 3 is 2.78 bits per heavy atom. The van der Waals surface area contributed by atoms with E-state index in [1.165, 1.54) is 16.2 Å². The average molecular weight is 265 g/mol. The normalized spacial score (nSPS) is 22.1. The lowest BCUT2D eigenvalue weighted by atomic mass is 10.1. The fourth-order valence-corrected chi connectivity index (χ4v) is 2.77. The Hall–Kier alpha value is -1.62. The van der Waals surface area contributed by atoms with E-state index in [4.69, 9.17) is 5.11 Å². The summed E-state index contributed by atoms with van der Waals surface area (Å²) in [5.74, 6) is -1.45. The SMILES string of the molecule is CCc1ccc(C(=O)NC2C=CC(C(=O)O)C2)s1. The van der Waals surface area contributed by atoms with Crippen LogP contribution >= 0.6 is 11.3 Å². The molecule has 0 aromatic carbocycles. The van der Waals surface area contributed by atoms with Gasteiger partial charge < -0.3 is 10.4 Å². The fraction of sp³-hybridized carbons (Fsp3) is 0.385. The lowest BCUT2D eigenvalue weighted by Crippen LogP contribution is -2.32. The van der Waals surface area contributed by atoms with Gasteiger partial charge in [0.2, 0.25) is 0 Å². The number of aliphatic carboxylic acids is 1. The molecule has 18 heavy (non-hydrogen) atoms. The molecule has 2 atom stereocenters. The Morgan fingerprint density at radius 2 is 2.22 bits per heavy atom. The number of carbonyl (C=O) groups is 2. The van der Waals surface area contributed by atoms with Gasteiger partial charge in [0.25, 0.3) is 5.91 Å². The Balaban J connectivity index is 1.93. The summed E-state index contributed by atoms with van der Waals surface area (Å²) in [4.78, 5) is 24.6. The molecule has 1 aromatic heterocycles. The number of thiophene rings is 1. The molecule has 1 amide bonds. The second-order valence-electron chi connectivity index (χ2n) is 4.26. The van der Waals surface area contributed by atoms with Crippen LogP contribution in [0.3, 0.4) is 0 Å². The molecule has 0 fully saturated rings. The Labute approximate surface area is 109 Å². The predicted molar refractivity (Wildman–Crippen MR) is 69.8 cm³/mol. The zero-order chi connectivity index (χ0) is 13.1. The molecule has 1 aliphatic rings. The van der Waals surface area contributed by atoms with Crippen molar-refractivity contribution in [2.75, 3.05) is 0 Å². The molecular weight excluding hydrogens is 250 g/mol. The van der Waals surface area contributed by atoms with Crippen molar-refractivity contribution in [2.24, 2.45) is 5.92 Å². The first-order valence-corrected chi connectivity index (χ1v) is 6.72. The molecule has 0 spiro atoms. The fourth-order valence-electron chi connectivity index (χ4n) is 1.92. The van der Waals surface area contributed by atoms with Crippen LogP contribution in [0, 0.1) is 5.92 Å². The van der Waals surface area contributed by atoms with Gasteiger partial charge in [-0.15, -0.1) is 11.3 Å². The molecule has 4 nitrogen and oxygen atoms in total. The van der Waals surface area contributed by atoms with Crippen LogP contribution in [0.15, 0.2) is 24.3 Å². The molecule has 2 unspecified atom stereocenters. The minimum absolute atomic E-state index is 0.125. The van der Waals surface area contributed by atoms with E-state index in [9.17, 15) is 9.59 Å². The number of hydrogen-bond donors (Lipinski definition) is 2. The maximum absolute atomic E-state index is 11.9. The van der Waals surface area contributed by atoms with E-state index in [-0.39, 0.29) is 11.9 Å². The summed E-state index contributed by atoms with van der Waals surface area (Å²) >= 11 is 1.48. The molecule has 0 saturated heterocycles. The molecule has 1 aliphatic carbocycles. The molecule has 0 radical (unpaired) electrons. The van der Waals surface area contributed by atoms with Gasteiger partial charge in [-0.25, -0.2) is 0 Å². The maximum Gasteiger partial charge on any atom is 0.310 e. The van der Waals surface area contributed by atoms with Gasteiger partial charge >= 0.3 is 5.97 Å². The van der Waals surface area contributed by atoms with E-state index >= 15 is 0 Å². The summed E-state index contributed by atoms with van der Waals surface area (Å²) in [5.41, 5.74) is 0. The first-order valence-electron chi connectivity index (χ1n) is 5.91. The molecule has 0 bridgehead atoms. The largest absolute Gasteiger partial charge is 0.481 e. The summed E-state index contributed by atoms with van der Waals surface area (Å²) in [6.07, 6.45) is 4.75. The van der Waals surface area contributed by atoms with E-state index in [1.807, 2.05) is 19.1 Å². The van der Waals surface area contributed by atoms with Crippen LogP contribution < -0.4 is 5.32 Å².